The molecule has 0 aliphatic carbocycles. The maximum Gasteiger partial charge on any atom is 0.347 e. The van der Waals surface area contributed by atoms with Crippen LogP contribution >= 0.6 is 0 Å². The Balaban J connectivity index is 1.31. The summed E-state index contributed by atoms with van der Waals surface area (Å²) < 4.78 is 28.3. The first-order valence-corrected chi connectivity index (χ1v) is 11.8. The minimum absolute atomic E-state index is 0.405. The Morgan fingerprint density at radius 1 is 0.865 bits per heavy atom. The Kier molecular flexibility index (Phi) is 7.67. The second-order valence-electron chi connectivity index (χ2n) is 8.81. The zero-order valence-electron chi connectivity index (χ0n) is 21.2. The van der Waals surface area contributed by atoms with Gasteiger partial charge < -0.3 is 28.5 Å². The van der Waals surface area contributed by atoms with Crippen LogP contribution in [0.1, 0.15) is 25.3 Å². The summed E-state index contributed by atoms with van der Waals surface area (Å²) in [5.74, 6) is 3.53. The van der Waals surface area contributed by atoms with Gasteiger partial charge in [-0.3, -0.25) is 0 Å². The molecule has 0 fully saturated rings. The first kappa shape index (κ1) is 25.6. The van der Waals surface area contributed by atoms with Gasteiger partial charge in [0.15, 0.2) is 5.60 Å². The number of carbonyl (C=O) groups is 1. The van der Waals surface area contributed by atoms with E-state index in [1.165, 1.54) is 13.8 Å². The van der Waals surface area contributed by atoms with Crippen molar-refractivity contribution in [2.75, 3.05) is 13.7 Å². The molecule has 1 aromatic heterocycles. The average molecular weight is 504 g/mol. The van der Waals surface area contributed by atoms with Crippen LogP contribution in [-0.4, -0.2) is 35.4 Å². The normalized spacial score (nSPS) is 11.1. The maximum absolute atomic E-state index is 11.2. The summed E-state index contributed by atoms with van der Waals surface area (Å²) in [5.41, 5.74) is 0.350. The maximum atomic E-state index is 11.2. The van der Waals surface area contributed by atoms with Crippen LogP contribution in [0.15, 0.2) is 77.2 Å². The van der Waals surface area contributed by atoms with Crippen molar-refractivity contribution in [1.29, 1.82) is 0 Å². The van der Waals surface area contributed by atoms with Gasteiger partial charge in [0.2, 0.25) is 5.89 Å². The van der Waals surface area contributed by atoms with Crippen molar-refractivity contribution >= 4 is 5.97 Å². The Labute approximate surface area is 215 Å². The van der Waals surface area contributed by atoms with Crippen LogP contribution in [0.4, 0.5) is 0 Å². The third-order valence-corrected chi connectivity index (χ3v) is 5.61. The van der Waals surface area contributed by atoms with Crippen molar-refractivity contribution in [2.45, 2.75) is 32.8 Å². The molecule has 0 spiro atoms. The lowest BCUT2D eigenvalue weighted by Gasteiger charge is -2.21. The number of aryl methyl sites for hydroxylation is 1. The van der Waals surface area contributed by atoms with Gasteiger partial charge in [0.25, 0.3) is 0 Å². The summed E-state index contributed by atoms with van der Waals surface area (Å²) in [6.45, 7) is 5.28. The number of benzene rings is 3. The molecular formula is C29H29NO7. The molecule has 1 N–H and O–H groups in total. The Bertz CT molecular complexity index is 1320. The zero-order chi connectivity index (χ0) is 26.4. The van der Waals surface area contributed by atoms with E-state index < -0.39 is 11.6 Å². The van der Waals surface area contributed by atoms with E-state index in [4.69, 9.17) is 23.4 Å². The third kappa shape index (κ3) is 6.61. The van der Waals surface area contributed by atoms with Gasteiger partial charge in [0, 0.05) is 12.0 Å². The van der Waals surface area contributed by atoms with Crippen LogP contribution in [0.5, 0.6) is 28.7 Å². The minimum Gasteiger partial charge on any atom is -0.497 e. The van der Waals surface area contributed by atoms with Gasteiger partial charge in [-0.2, -0.15) is 0 Å². The summed E-state index contributed by atoms with van der Waals surface area (Å²) in [6, 6.07) is 21.8. The number of rotatable bonds is 11. The van der Waals surface area contributed by atoms with Crippen molar-refractivity contribution in [3.63, 3.8) is 0 Å². The molecule has 0 saturated heterocycles. The number of methoxy groups -OCH3 is 1. The fourth-order valence-electron chi connectivity index (χ4n) is 3.44. The van der Waals surface area contributed by atoms with Crippen LogP contribution in [0.25, 0.3) is 11.5 Å². The quantitative estimate of drug-likeness (QED) is 0.254. The molecule has 8 heteroatoms. The first-order chi connectivity index (χ1) is 17.7. The van der Waals surface area contributed by atoms with E-state index in [2.05, 4.69) is 4.98 Å². The van der Waals surface area contributed by atoms with E-state index in [0.29, 0.717) is 41.9 Å². The van der Waals surface area contributed by atoms with E-state index in [0.717, 1.165) is 22.8 Å². The Morgan fingerprint density at radius 3 is 2.00 bits per heavy atom. The highest BCUT2D eigenvalue weighted by atomic mass is 16.5. The second kappa shape index (κ2) is 11.1. The summed E-state index contributed by atoms with van der Waals surface area (Å²) >= 11 is 0. The molecule has 0 atom stereocenters. The molecule has 3 aromatic carbocycles. The Hall–Kier alpha value is -4.46. The molecule has 4 aromatic rings. The summed E-state index contributed by atoms with van der Waals surface area (Å²) in [5, 5.41) is 9.19. The van der Waals surface area contributed by atoms with Gasteiger partial charge in [0.1, 0.15) is 34.5 Å². The molecule has 0 aliphatic rings. The van der Waals surface area contributed by atoms with E-state index in [-0.39, 0.29) is 0 Å². The monoisotopic (exact) mass is 503 g/mol. The predicted molar refractivity (Wildman–Crippen MR) is 138 cm³/mol. The lowest BCUT2D eigenvalue weighted by atomic mass is 10.1. The molecule has 37 heavy (non-hydrogen) atoms. The van der Waals surface area contributed by atoms with Crippen LogP contribution < -0.4 is 18.9 Å². The smallest absolute Gasteiger partial charge is 0.347 e. The second-order valence-corrected chi connectivity index (χ2v) is 8.81. The van der Waals surface area contributed by atoms with Crippen LogP contribution in [0, 0.1) is 6.92 Å². The molecule has 0 unspecified atom stereocenters. The van der Waals surface area contributed by atoms with Gasteiger partial charge in [-0.15, -0.1) is 0 Å². The number of hydrogen-bond acceptors (Lipinski definition) is 7. The van der Waals surface area contributed by atoms with E-state index in [9.17, 15) is 9.90 Å². The van der Waals surface area contributed by atoms with Crippen molar-refractivity contribution in [2.24, 2.45) is 0 Å². The number of oxazole rings is 1. The van der Waals surface area contributed by atoms with Gasteiger partial charge in [-0.1, -0.05) is 0 Å². The third-order valence-electron chi connectivity index (χ3n) is 5.61. The number of aromatic nitrogens is 1. The van der Waals surface area contributed by atoms with Gasteiger partial charge in [-0.05, 0) is 93.6 Å². The van der Waals surface area contributed by atoms with Gasteiger partial charge >= 0.3 is 5.97 Å². The average Bonchev–Trinajstić information content (AvgIpc) is 3.26. The summed E-state index contributed by atoms with van der Waals surface area (Å²) in [7, 11) is 1.62. The van der Waals surface area contributed by atoms with Crippen molar-refractivity contribution in [3.05, 3.63) is 84.3 Å². The van der Waals surface area contributed by atoms with Crippen molar-refractivity contribution in [3.8, 4) is 40.2 Å². The SMILES string of the molecule is COc1ccc(Oc2ccc(-c3nc(CCOc4ccc(OC(C)(C)C(=O)O)cc4)c(C)o3)cc2)cc1. The fourth-order valence-corrected chi connectivity index (χ4v) is 3.44. The topological polar surface area (TPSA) is 100 Å². The van der Waals surface area contributed by atoms with Crippen LogP contribution in [0.2, 0.25) is 0 Å². The number of carboxylic acids is 1. The summed E-state index contributed by atoms with van der Waals surface area (Å²) in [6.07, 6.45) is 0.568. The zero-order valence-corrected chi connectivity index (χ0v) is 21.2. The number of aliphatic carboxylic acids is 1. The fraction of sp³-hybridized carbons (Fsp3) is 0.241. The molecule has 4 rings (SSSR count). The molecule has 8 nitrogen and oxygen atoms in total. The summed E-state index contributed by atoms with van der Waals surface area (Å²) in [4.78, 5) is 15.9. The van der Waals surface area contributed by atoms with Crippen LogP contribution in [0.3, 0.4) is 0 Å². The standard InChI is InChI=1S/C29H29NO7/c1-19-26(17-18-34-22-11-15-25(16-12-22)37-29(2,3)28(31)32)30-27(35-19)20-5-7-23(8-6-20)36-24-13-9-21(33-4)10-14-24/h5-16H,17-18H2,1-4H3,(H,31,32). The highest BCUT2D eigenvalue weighted by molar-refractivity contribution is 5.76. The number of ether oxygens (including phenoxy) is 4. The molecule has 0 bridgehead atoms. The molecular weight excluding hydrogens is 474 g/mol. The van der Waals surface area contributed by atoms with Crippen molar-refractivity contribution in [1.82, 2.24) is 4.98 Å². The molecule has 0 aliphatic heterocycles. The van der Waals surface area contributed by atoms with E-state index in [1.54, 1.807) is 31.4 Å². The molecule has 0 radical (unpaired) electrons. The first-order valence-electron chi connectivity index (χ1n) is 11.8. The van der Waals surface area contributed by atoms with Gasteiger partial charge in [0.05, 0.1) is 19.4 Å². The molecule has 0 saturated carbocycles. The molecule has 0 amide bonds. The predicted octanol–water partition coefficient (Wildman–Crippen LogP) is 6.31. The number of carboxylic acid groups (broad SMARTS) is 1. The number of nitrogens with zero attached hydrogens (tertiary/aromatic N) is 1. The lowest BCUT2D eigenvalue weighted by Crippen LogP contribution is -2.37. The highest BCUT2D eigenvalue weighted by Gasteiger charge is 2.29. The largest absolute Gasteiger partial charge is 0.497 e. The minimum atomic E-state index is -1.31. The lowest BCUT2D eigenvalue weighted by molar-refractivity contribution is -0.152. The van der Waals surface area contributed by atoms with Crippen molar-refractivity contribution < 1.29 is 33.3 Å². The highest BCUT2D eigenvalue weighted by Crippen LogP contribution is 2.28. The van der Waals surface area contributed by atoms with Crippen LogP contribution in [-0.2, 0) is 11.2 Å². The number of hydrogen-bond donors (Lipinski definition) is 1. The van der Waals surface area contributed by atoms with E-state index in [1.807, 2.05) is 55.5 Å². The van der Waals surface area contributed by atoms with E-state index >= 15 is 0 Å². The molecule has 192 valence electrons. The Morgan fingerprint density at radius 2 is 1.41 bits per heavy atom. The molecule has 1 heterocycles. The van der Waals surface area contributed by atoms with Gasteiger partial charge in [-0.25, -0.2) is 9.78 Å².